The van der Waals surface area contributed by atoms with E-state index in [1.165, 1.54) is 18.2 Å². The summed E-state index contributed by atoms with van der Waals surface area (Å²) in [5, 5.41) is 16.5. The highest BCUT2D eigenvalue weighted by molar-refractivity contribution is 8.15. The SMILES string of the molecule is CS(=O)(=O)C(c1nnc(CC2SC(=O)NC2=O)o1)c1nc2ccc(C(=O)O)cc2s1. The lowest BCUT2D eigenvalue weighted by molar-refractivity contribution is -0.119. The number of benzene rings is 1. The van der Waals surface area contributed by atoms with Crippen molar-refractivity contribution in [2.24, 2.45) is 0 Å². The summed E-state index contributed by atoms with van der Waals surface area (Å²) in [5.74, 6) is -1.81. The highest BCUT2D eigenvalue weighted by Crippen LogP contribution is 2.35. The van der Waals surface area contributed by atoms with Gasteiger partial charge in [-0.3, -0.25) is 14.9 Å². The zero-order valence-electron chi connectivity index (χ0n) is 15.1. The Balaban J connectivity index is 1.68. The molecular weight excluding hydrogens is 456 g/mol. The minimum absolute atomic E-state index is 0.00951. The zero-order chi connectivity index (χ0) is 21.6. The van der Waals surface area contributed by atoms with Crippen LogP contribution < -0.4 is 5.32 Å². The molecule has 1 fully saturated rings. The van der Waals surface area contributed by atoms with E-state index in [4.69, 9.17) is 9.52 Å². The van der Waals surface area contributed by atoms with Crippen molar-refractivity contribution in [3.05, 3.63) is 40.6 Å². The Kier molecular flexibility index (Phi) is 5.07. The second kappa shape index (κ2) is 7.45. The molecule has 3 heterocycles. The molecule has 2 unspecified atom stereocenters. The topological polar surface area (TPSA) is 169 Å². The summed E-state index contributed by atoms with van der Waals surface area (Å²) >= 11 is 1.80. The second-order valence-corrected chi connectivity index (χ2v) is 10.7. The lowest BCUT2D eigenvalue weighted by Gasteiger charge is -2.07. The first-order chi connectivity index (χ1) is 14.1. The van der Waals surface area contributed by atoms with Gasteiger partial charge in [-0.1, -0.05) is 11.8 Å². The molecular formula is C16H12N4O7S3. The number of aromatic carboxylic acids is 1. The molecule has 30 heavy (non-hydrogen) atoms. The maximum Gasteiger partial charge on any atom is 0.335 e. The molecule has 0 saturated carbocycles. The summed E-state index contributed by atoms with van der Waals surface area (Å²) in [5.41, 5.74) is 0.487. The molecule has 0 spiro atoms. The van der Waals surface area contributed by atoms with Gasteiger partial charge in [0.25, 0.3) is 5.24 Å². The second-order valence-electron chi connectivity index (χ2n) is 6.37. The molecule has 1 saturated heterocycles. The molecule has 2 atom stereocenters. The van der Waals surface area contributed by atoms with E-state index in [1.807, 2.05) is 0 Å². The van der Waals surface area contributed by atoms with Gasteiger partial charge in [0.1, 0.15) is 10.3 Å². The van der Waals surface area contributed by atoms with Crippen LogP contribution in [0.1, 0.15) is 32.4 Å². The number of amides is 2. The molecule has 1 aromatic carbocycles. The van der Waals surface area contributed by atoms with Crippen LogP contribution in [-0.4, -0.2) is 57.3 Å². The molecule has 1 aliphatic rings. The molecule has 2 N–H and O–H groups in total. The maximum absolute atomic E-state index is 12.5. The summed E-state index contributed by atoms with van der Waals surface area (Å²) in [6.45, 7) is 0. The number of imide groups is 1. The molecule has 0 radical (unpaired) electrons. The number of carboxylic acid groups (broad SMARTS) is 1. The molecule has 1 aliphatic heterocycles. The van der Waals surface area contributed by atoms with E-state index in [2.05, 4.69) is 20.5 Å². The van der Waals surface area contributed by atoms with Crippen LogP contribution in [-0.2, 0) is 21.1 Å². The Morgan fingerprint density at radius 3 is 2.73 bits per heavy atom. The third-order valence-electron chi connectivity index (χ3n) is 4.14. The van der Waals surface area contributed by atoms with Crippen LogP contribution in [0.3, 0.4) is 0 Å². The summed E-state index contributed by atoms with van der Waals surface area (Å²) in [6.07, 6.45) is 0.961. The number of hydrogen-bond acceptors (Lipinski definition) is 11. The lowest BCUT2D eigenvalue weighted by atomic mass is 10.2. The minimum Gasteiger partial charge on any atom is -0.478 e. The van der Waals surface area contributed by atoms with E-state index < -0.39 is 37.5 Å². The molecule has 0 bridgehead atoms. The lowest BCUT2D eigenvalue weighted by Crippen LogP contribution is -2.25. The monoisotopic (exact) mass is 468 g/mol. The molecule has 14 heteroatoms. The van der Waals surface area contributed by atoms with Crippen molar-refractivity contribution < 1.29 is 32.3 Å². The third kappa shape index (κ3) is 3.93. The van der Waals surface area contributed by atoms with Gasteiger partial charge in [-0.05, 0) is 18.2 Å². The van der Waals surface area contributed by atoms with Gasteiger partial charge in [0.2, 0.25) is 17.7 Å². The van der Waals surface area contributed by atoms with E-state index >= 15 is 0 Å². The number of thioether (sulfide) groups is 1. The Morgan fingerprint density at radius 2 is 2.10 bits per heavy atom. The van der Waals surface area contributed by atoms with Crippen molar-refractivity contribution in [3.8, 4) is 0 Å². The molecule has 0 aliphatic carbocycles. The van der Waals surface area contributed by atoms with Crippen molar-refractivity contribution >= 4 is 60.3 Å². The van der Waals surface area contributed by atoms with E-state index in [1.54, 1.807) is 0 Å². The van der Waals surface area contributed by atoms with Gasteiger partial charge in [-0.15, -0.1) is 21.5 Å². The molecule has 3 aromatic rings. The largest absolute Gasteiger partial charge is 0.478 e. The number of nitrogens with one attached hydrogen (secondary N) is 1. The maximum atomic E-state index is 12.5. The Hall–Kier alpha value is -2.84. The van der Waals surface area contributed by atoms with Crippen molar-refractivity contribution in [1.29, 1.82) is 0 Å². The number of nitrogens with zero attached hydrogens (tertiary/aromatic N) is 3. The van der Waals surface area contributed by atoms with Crippen LogP contribution in [0.25, 0.3) is 10.2 Å². The average molecular weight is 468 g/mol. The van der Waals surface area contributed by atoms with Gasteiger partial charge in [-0.25, -0.2) is 18.2 Å². The van der Waals surface area contributed by atoms with Gasteiger partial charge in [0.15, 0.2) is 15.1 Å². The highest BCUT2D eigenvalue weighted by Gasteiger charge is 2.36. The predicted octanol–water partition coefficient (Wildman–Crippen LogP) is 1.41. The third-order valence-corrected chi connectivity index (χ3v) is 7.63. The first-order valence-electron chi connectivity index (χ1n) is 8.28. The number of rotatable bonds is 6. The molecule has 11 nitrogen and oxygen atoms in total. The van der Waals surface area contributed by atoms with Crippen molar-refractivity contribution in [2.45, 2.75) is 16.9 Å². The fourth-order valence-electron chi connectivity index (χ4n) is 2.80. The van der Waals surface area contributed by atoms with Gasteiger partial charge in [0.05, 0.1) is 15.8 Å². The molecule has 4 rings (SSSR count). The number of hydrogen-bond donors (Lipinski definition) is 2. The van der Waals surface area contributed by atoms with Crippen LogP contribution in [0.4, 0.5) is 4.79 Å². The van der Waals surface area contributed by atoms with E-state index in [0.717, 1.165) is 29.4 Å². The van der Waals surface area contributed by atoms with Crippen LogP contribution in [0.2, 0.25) is 0 Å². The van der Waals surface area contributed by atoms with E-state index in [9.17, 15) is 22.8 Å². The number of fused-ring (bicyclic) bond motifs is 1. The number of aromatic nitrogens is 3. The first-order valence-corrected chi connectivity index (χ1v) is 11.9. The first kappa shape index (κ1) is 20.4. The fraction of sp³-hybridized carbons (Fsp3) is 0.250. The quantitative estimate of drug-likeness (QED) is 0.536. The standard InChI is InChI=1S/C16H12N4O7S3/c1-30(25,26)11(14-17-7-3-2-6(15(22)23)4-8(7)28-14)13-20-19-10(27-13)5-9-12(21)18-16(24)29-9/h2-4,9,11H,5H2,1H3,(H,22,23)(H,18,21,24). The molecule has 2 aromatic heterocycles. The van der Waals surface area contributed by atoms with Crippen LogP contribution in [0.15, 0.2) is 22.6 Å². The predicted molar refractivity (Wildman–Crippen MR) is 106 cm³/mol. The Labute approximate surface area is 176 Å². The van der Waals surface area contributed by atoms with Gasteiger partial charge >= 0.3 is 5.97 Å². The van der Waals surface area contributed by atoms with Crippen molar-refractivity contribution in [2.75, 3.05) is 6.26 Å². The molecule has 156 valence electrons. The number of carbonyl (C=O) groups excluding carboxylic acids is 2. The number of carbonyl (C=O) groups is 3. The summed E-state index contributed by atoms with van der Waals surface area (Å²) in [6, 6.07) is 4.27. The smallest absolute Gasteiger partial charge is 0.335 e. The van der Waals surface area contributed by atoms with Crippen molar-refractivity contribution in [1.82, 2.24) is 20.5 Å². The zero-order valence-corrected chi connectivity index (χ0v) is 17.5. The van der Waals surface area contributed by atoms with Crippen LogP contribution in [0, 0.1) is 0 Å². The van der Waals surface area contributed by atoms with Crippen molar-refractivity contribution in [3.63, 3.8) is 0 Å². The van der Waals surface area contributed by atoms with Crippen LogP contribution >= 0.6 is 23.1 Å². The van der Waals surface area contributed by atoms with Gasteiger partial charge in [0, 0.05) is 12.7 Å². The normalized spacial score (nSPS) is 18.0. The minimum atomic E-state index is -3.78. The fourth-order valence-corrected chi connectivity index (χ4v) is 6.14. The van der Waals surface area contributed by atoms with Gasteiger partial charge < -0.3 is 9.52 Å². The Morgan fingerprint density at radius 1 is 1.33 bits per heavy atom. The summed E-state index contributed by atoms with van der Waals surface area (Å²) in [4.78, 5) is 38.4. The average Bonchev–Trinajstić information content (AvgIpc) is 3.33. The van der Waals surface area contributed by atoms with Gasteiger partial charge in [-0.2, -0.15) is 0 Å². The summed E-state index contributed by atoms with van der Waals surface area (Å²) in [7, 11) is -3.78. The van der Waals surface area contributed by atoms with Crippen LogP contribution in [0.5, 0.6) is 0 Å². The summed E-state index contributed by atoms with van der Waals surface area (Å²) < 4.78 is 30.9. The molecule has 2 amide bonds. The number of carboxylic acids is 1. The Bertz CT molecular complexity index is 1300. The highest BCUT2D eigenvalue weighted by atomic mass is 32.2. The number of sulfone groups is 1. The van der Waals surface area contributed by atoms with E-state index in [-0.39, 0.29) is 28.8 Å². The van der Waals surface area contributed by atoms with E-state index in [0.29, 0.717) is 10.2 Å². The number of thiazole rings is 1.